The average molecular weight is 269 g/mol. The highest BCUT2D eigenvalue weighted by Gasteiger charge is 2.34. The van der Waals surface area contributed by atoms with E-state index in [-0.39, 0.29) is 36.4 Å². The van der Waals surface area contributed by atoms with Gasteiger partial charge in [-0.15, -0.1) is 0 Å². The summed E-state index contributed by atoms with van der Waals surface area (Å²) in [6, 6.07) is 0.170. The molecule has 4 unspecified atom stereocenters. The Morgan fingerprint density at radius 2 is 1.84 bits per heavy atom. The van der Waals surface area contributed by atoms with E-state index in [1.165, 1.54) is 0 Å². The third kappa shape index (κ3) is 4.82. The molecule has 4 atom stereocenters. The minimum atomic E-state index is -0.149. The van der Waals surface area contributed by atoms with Crippen LogP contribution in [-0.4, -0.2) is 30.4 Å². The number of hydrogen-bond acceptors (Lipinski definition) is 3. The van der Waals surface area contributed by atoms with Crippen LogP contribution < -0.4 is 16.4 Å². The minimum Gasteiger partial charge on any atom is -0.352 e. The quantitative estimate of drug-likeness (QED) is 0.700. The molecule has 0 saturated heterocycles. The van der Waals surface area contributed by atoms with Gasteiger partial charge in [0.15, 0.2) is 0 Å². The molecule has 5 nitrogen and oxygen atoms in total. The summed E-state index contributed by atoms with van der Waals surface area (Å²) in [5.41, 5.74) is 6.03. The summed E-state index contributed by atoms with van der Waals surface area (Å²) in [7, 11) is 0. The molecule has 0 bridgehead atoms. The summed E-state index contributed by atoms with van der Waals surface area (Å²) in [4.78, 5) is 23.6. The predicted molar refractivity (Wildman–Crippen MR) is 75.3 cm³/mol. The topological polar surface area (TPSA) is 84.2 Å². The zero-order valence-corrected chi connectivity index (χ0v) is 12.4. The SMILES string of the molecule is CC(C)NC(=O)CNC(=O)C1CC(N)C(C)CC1C. The van der Waals surface area contributed by atoms with Crippen molar-refractivity contribution in [3.63, 3.8) is 0 Å². The number of nitrogens with one attached hydrogen (secondary N) is 2. The van der Waals surface area contributed by atoms with E-state index in [2.05, 4.69) is 24.5 Å². The van der Waals surface area contributed by atoms with E-state index in [9.17, 15) is 9.59 Å². The Morgan fingerprint density at radius 3 is 2.42 bits per heavy atom. The van der Waals surface area contributed by atoms with Crippen LogP contribution in [-0.2, 0) is 9.59 Å². The second-order valence-corrected chi connectivity index (χ2v) is 6.14. The Kier molecular flexibility index (Phi) is 5.79. The average Bonchev–Trinajstić information content (AvgIpc) is 2.30. The third-order valence-electron chi connectivity index (χ3n) is 3.90. The van der Waals surface area contributed by atoms with Crippen molar-refractivity contribution in [3.05, 3.63) is 0 Å². The van der Waals surface area contributed by atoms with Crippen molar-refractivity contribution in [1.29, 1.82) is 0 Å². The number of hydrogen-bond donors (Lipinski definition) is 3. The lowest BCUT2D eigenvalue weighted by Crippen LogP contribution is -2.47. The molecule has 1 rings (SSSR count). The number of rotatable bonds is 4. The number of carbonyl (C=O) groups is 2. The van der Waals surface area contributed by atoms with E-state index in [4.69, 9.17) is 5.73 Å². The van der Waals surface area contributed by atoms with Crippen molar-refractivity contribution in [3.8, 4) is 0 Å². The Bertz CT molecular complexity index is 331. The van der Waals surface area contributed by atoms with Gasteiger partial charge in [-0.1, -0.05) is 13.8 Å². The molecule has 1 saturated carbocycles. The first-order valence-electron chi connectivity index (χ1n) is 7.14. The summed E-state index contributed by atoms with van der Waals surface area (Å²) >= 11 is 0. The molecule has 1 aliphatic carbocycles. The minimum absolute atomic E-state index is 0.0467. The van der Waals surface area contributed by atoms with Crippen molar-refractivity contribution in [1.82, 2.24) is 10.6 Å². The lowest BCUT2D eigenvalue weighted by molar-refractivity contribution is -0.131. The van der Waals surface area contributed by atoms with Gasteiger partial charge in [0.25, 0.3) is 0 Å². The largest absolute Gasteiger partial charge is 0.352 e. The first-order chi connectivity index (χ1) is 8.81. The van der Waals surface area contributed by atoms with Crippen LogP contribution in [0.4, 0.5) is 0 Å². The second-order valence-electron chi connectivity index (χ2n) is 6.14. The van der Waals surface area contributed by atoms with Gasteiger partial charge in [-0.05, 0) is 38.5 Å². The molecule has 1 fully saturated rings. The Hall–Kier alpha value is -1.10. The molecule has 5 heteroatoms. The highest BCUT2D eigenvalue weighted by molar-refractivity contribution is 5.86. The molecular weight excluding hydrogens is 242 g/mol. The normalized spacial score (nSPS) is 31.1. The molecule has 0 aromatic heterocycles. The van der Waals surface area contributed by atoms with Crippen LogP contribution in [0.1, 0.15) is 40.5 Å². The lowest BCUT2D eigenvalue weighted by atomic mass is 9.72. The zero-order chi connectivity index (χ0) is 14.6. The fourth-order valence-electron chi connectivity index (χ4n) is 2.72. The second kappa shape index (κ2) is 6.89. The van der Waals surface area contributed by atoms with Crippen molar-refractivity contribution in [2.45, 2.75) is 52.6 Å². The monoisotopic (exact) mass is 269 g/mol. The van der Waals surface area contributed by atoms with Gasteiger partial charge in [0, 0.05) is 18.0 Å². The van der Waals surface area contributed by atoms with E-state index < -0.39 is 0 Å². The fourth-order valence-corrected chi connectivity index (χ4v) is 2.72. The third-order valence-corrected chi connectivity index (χ3v) is 3.90. The zero-order valence-electron chi connectivity index (χ0n) is 12.4. The number of nitrogens with two attached hydrogens (primary N) is 1. The van der Waals surface area contributed by atoms with Crippen molar-refractivity contribution in [2.24, 2.45) is 23.5 Å². The smallest absolute Gasteiger partial charge is 0.239 e. The highest BCUT2D eigenvalue weighted by Crippen LogP contribution is 2.32. The van der Waals surface area contributed by atoms with Crippen LogP contribution in [0.15, 0.2) is 0 Å². The maximum atomic E-state index is 12.1. The molecule has 19 heavy (non-hydrogen) atoms. The van der Waals surface area contributed by atoms with Crippen molar-refractivity contribution in [2.75, 3.05) is 6.54 Å². The van der Waals surface area contributed by atoms with Gasteiger partial charge < -0.3 is 16.4 Å². The van der Waals surface area contributed by atoms with Crippen LogP contribution in [0.3, 0.4) is 0 Å². The summed E-state index contributed by atoms with van der Waals surface area (Å²) in [5.74, 6) is 0.516. The number of carbonyl (C=O) groups excluding carboxylic acids is 2. The standard InChI is InChI=1S/C14H27N3O2/c1-8(2)17-13(18)7-16-14(19)11-6-12(15)10(4)5-9(11)3/h8-12H,5-7,15H2,1-4H3,(H,16,19)(H,17,18). The summed E-state index contributed by atoms with van der Waals surface area (Å²) in [6.07, 6.45) is 1.68. The van der Waals surface area contributed by atoms with E-state index in [1.54, 1.807) is 0 Å². The van der Waals surface area contributed by atoms with Gasteiger partial charge in [-0.3, -0.25) is 9.59 Å². The molecule has 0 aromatic carbocycles. The molecule has 0 aromatic rings. The van der Waals surface area contributed by atoms with Crippen LogP contribution >= 0.6 is 0 Å². The summed E-state index contributed by atoms with van der Waals surface area (Å²) in [6.45, 7) is 8.05. The van der Waals surface area contributed by atoms with Gasteiger partial charge in [0.1, 0.15) is 0 Å². The van der Waals surface area contributed by atoms with Crippen LogP contribution in [0.2, 0.25) is 0 Å². The van der Waals surface area contributed by atoms with E-state index in [0.717, 1.165) is 6.42 Å². The maximum Gasteiger partial charge on any atom is 0.239 e. The Labute approximate surface area is 115 Å². The molecule has 0 spiro atoms. The summed E-state index contributed by atoms with van der Waals surface area (Å²) < 4.78 is 0. The van der Waals surface area contributed by atoms with Crippen LogP contribution in [0, 0.1) is 17.8 Å². The van der Waals surface area contributed by atoms with Gasteiger partial charge >= 0.3 is 0 Å². The molecule has 1 aliphatic rings. The van der Waals surface area contributed by atoms with Gasteiger partial charge in [0.2, 0.25) is 11.8 Å². The van der Waals surface area contributed by atoms with Crippen LogP contribution in [0.5, 0.6) is 0 Å². The van der Waals surface area contributed by atoms with E-state index in [1.807, 2.05) is 13.8 Å². The van der Waals surface area contributed by atoms with E-state index in [0.29, 0.717) is 18.3 Å². The fraction of sp³-hybridized carbons (Fsp3) is 0.857. The first-order valence-corrected chi connectivity index (χ1v) is 7.14. The Morgan fingerprint density at radius 1 is 1.21 bits per heavy atom. The van der Waals surface area contributed by atoms with Crippen molar-refractivity contribution < 1.29 is 9.59 Å². The van der Waals surface area contributed by atoms with Crippen LogP contribution in [0.25, 0.3) is 0 Å². The highest BCUT2D eigenvalue weighted by atomic mass is 16.2. The number of amides is 2. The first kappa shape index (κ1) is 16.0. The Balaban J connectivity index is 2.43. The molecule has 2 amide bonds. The molecular formula is C14H27N3O2. The van der Waals surface area contributed by atoms with Gasteiger partial charge in [0.05, 0.1) is 6.54 Å². The molecule has 110 valence electrons. The lowest BCUT2D eigenvalue weighted by Gasteiger charge is -2.36. The van der Waals surface area contributed by atoms with E-state index >= 15 is 0 Å². The van der Waals surface area contributed by atoms with Gasteiger partial charge in [-0.25, -0.2) is 0 Å². The maximum absolute atomic E-state index is 12.1. The van der Waals surface area contributed by atoms with Gasteiger partial charge in [-0.2, -0.15) is 0 Å². The molecule has 0 aliphatic heterocycles. The van der Waals surface area contributed by atoms with Crippen molar-refractivity contribution >= 4 is 11.8 Å². The molecule has 0 heterocycles. The molecule has 0 radical (unpaired) electrons. The predicted octanol–water partition coefficient (Wildman–Crippen LogP) is 0.637. The molecule has 4 N–H and O–H groups in total. The summed E-state index contributed by atoms with van der Waals surface area (Å²) in [5, 5.41) is 5.47.